The number of anilines is 1. The average molecular weight is 306 g/mol. The van der Waals surface area contributed by atoms with Crippen LogP contribution in [0.5, 0.6) is 0 Å². The summed E-state index contributed by atoms with van der Waals surface area (Å²) in [6, 6.07) is 5.26. The smallest absolute Gasteiger partial charge is 0.265 e. The summed E-state index contributed by atoms with van der Waals surface area (Å²) in [5.41, 5.74) is 5.95. The predicted octanol–water partition coefficient (Wildman–Crippen LogP) is 2.90. The molecule has 21 heavy (non-hydrogen) atoms. The Morgan fingerprint density at radius 2 is 2.19 bits per heavy atom. The fourth-order valence-corrected chi connectivity index (χ4v) is 2.58. The summed E-state index contributed by atoms with van der Waals surface area (Å²) in [5, 5.41) is 2.35. The number of hydrogen-bond acceptors (Lipinski definition) is 3. The SMILES string of the molecule is Cc1cc(C(=O)Nc2cccc(F)c2F)sc1C#CCN. The molecular formula is C15H12F2N2OS. The highest BCUT2D eigenvalue weighted by Gasteiger charge is 2.15. The number of benzene rings is 1. The molecule has 6 heteroatoms. The first-order valence-electron chi connectivity index (χ1n) is 6.07. The number of carbonyl (C=O) groups excluding carboxylic acids is 1. The number of thiophene rings is 1. The normalized spacial score (nSPS) is 9.90. The van der Waals surface area contributed by atoms with Gasteiger partial charge in [0, 0.05) is 0 Å². The van der Waals surface area contributed by atoms with Gasteiger partial charge in [-0.05, 0) is 30.7 Å². The highest BCUT2D eigenvalue weighted by molar-refractivity contribution is 7.14. The summed E-state index contributed by atoms with van der Waals surface area (Å²) < 4.78 is 26.6. The standard InChI is InChI=1S/C15H12F2N2OS/c1-9-8-13(21-12(9)6-3-7-18)15(20)19-11-5-2-4-10(16)14(11)17/h2,4-5,8H,7,18H2,1H3,(H,19,20). The van der Waals surface area contributed by atoms with Gasteiger partial charge in [-0.15, -0.1) is 11.3 Å². The molecule has 0 fully saturated rings. The summed E-state index contributed by atoms with van der Waals surface area (Å²) >= 11 is 1.18. The molecule has 3 nitrogen and oxygen atoms in total. The number of halogens is 2. The van der Waals surface area contributed by atoms with Crippen LogP contribution >= 0.6 is 11.3 Å². The Morgan fingerprint density at radius 1 is 1.43 bits per heavy atom. The van der Waals surface area contributed by atoms with E-state index >= 15 is 0 Å². The molecule has 0 aliphatic rings. The third kappa shape index (κ3) is 3.45. The van der Waals surface area contributed by atoms with Crippen LogP contribution in [0.4, 0.5) is 14.5 Å². The second kappa shape index (κ2) is 6.48. The number of nitrogens with one attached hydrogen (secondary N) is 1. The van der Waals surface area contributed by atoms with Crippen LogP contribution in [0.2, 0.25) is 0 Å². The van der Waals surface area contributed by atoms with E-state index in [9.17, 15) is 13.6 Å². The van der Waals surface area contributed by atoms with Crippen LogP contribution in [0.3, 0.4) is 0 Å². The molecule has 3 N–H and O–H groups in total. The molecule has 0 aliphatic heterocycles. The molecule has 0 saturated carbocycles. The van der Waals surface area contributed by atoms with E-state index in [1.165, 1.54) is 23.5 Å². The van der Waals surface area contributed by atoms with Crippen molar-refractivity contribution in [3.63, 3.8) is 0 Å². The topological polar surface area (TPSA) is 55.1 Å². The third-order valence-corrected chi connectivity index (χ3v) is 3.80. The molecule has 2 rings (SSSR count). The van der Waals surface area contributed by atoms with Crippen LogP contribution in [0, 0.1) is 30.4 Å². The number of nitrogens with two attached hydrogens (primary N) is 1. The van der Waals surface area contributed by atoms with E-state index in [1.54, 1.807) is 6.07 Å². The molecule has 0 aliphatic carbocycles. The number of carbonyl (C=O) groups is 1. The van der Waals surface area contributed by atoms with Crippen LogP contribution in [0.1, 0.15) is 20.1 Å². The van der Waals surface area contributed by atoms with Gasteiger partial charge >= 0.3 is 0 Å². The molecule has 0 bridgehead atoms. The van der Waals surface area contributed by atoms with Crippen molar-refractivity contribution in [3.05, 3.63) is 51.2 Å². The van der Waals surface area contributed by atoms with Crippen molar-refractivity contribution in [2.45, 2.75) is 6.92 Å². The Kier molecular flexibility index (Phi) is 4.68. The zero-order valence-electron chi connectivity index (χ0n) is 11.2. The van der Waals surface area contributed by atoms with Gasteiger partial charge in [0.1, 0.15) is 0 Å². The van der Waals surface area contributed by atoms with Gasteiger partial charge in [-0.2, -0.15) is 0 Å². The van der Waals surface area contributed by atoms with Crippen molar-refractivity contribution in [1.29, 1.82) is 0 Å². The first kappa shape index (κ1) is 15.2. The van der Waals surface area contributed by atoms with Crippen LogP contribution in [0.25, 0.3) is 0 Å². The van der Waals surface area contributed by atoms with Crippen molar-refractivity contribution < 1.29 is 13.6 Å². The molecule has 1 aromatic carbocycles. The Morgan fingerprint density at radius 3 is 2.90 bits per heavy atom. The molecule has 108 valence electrons. The maximum absolute atomic E-state index is 13.5. The van der Waals surface area contributed by atoms with E-state index in [4.69, 9.17) is 5.73 Å². The Bertz CT molecular complexity index is 744. The van der Waals surface area contributed by atoms with Crippen molar-refractivity contribution in [2.75, 3.05) is 11.9 Å². The van der Waals surface area contributed by atoms with Gasteiger partial charge in [-0.25, -0.2) is 8.78 Å². The lowest BCUT2D eigenvalue weighted by molar-refractivity contribution is 0.103. The van der Waals surface area contributed by atoms with Crippen LogP contribution in [0.15, 0.2) is 24.3 Å². The van der Waals surface area contributed by atoms with Gasteiger partial charge in [-0.1, -0.05) is 17.9 Å². The van der Waals surface area contributed by atoms with E-state index < -0.39 is 17.5 Å². The van der Waals surface area contributed by atoms with Crippen molar-refractivity contribution >= 4 is 22.9 Å². The summed E-state index contributed by atoms with van der Waals surface area (Å²) in [6.45, 7) is 2.05. The average Bonchev–Trinajstić information content (AvgIpc) is 2.83. The molecule has 0 atom stereocenters. The zero-order valence-corrected chi connectivity index (χ0v) is 12.0. The zero-order chi connectivity index (χ0) is 15.4. The first-order chi connectivity index (χ1) is 10.0. The second-order valence-electron chi connectivity index (χ2n) is 4.18. The predicted molar refractivity (Wildman–Crippen MR) is 79.3 cm³/mol. The molecule has 1 amide bonds. The number of amides is 1. The fourth-order valence-electron chi connectivity index (χ4n) is 1.63. The van der Waals surface area contributed by atoms with E-state index in [0.717, 1.165) is 16.5 Å². The lowest BCUT2D eigenvalue weighted by atomic mass is 10.2. The van der Waals surface area contributed by atoms with Gasteiger partial charge in [0.2, 0.25) is 0 Å². The summed E-state index contributed by atoms with van der Waals surface area (Å²) in [4.78, 5) is 13.2. The maximum Gasteiger partial charge on any atom is 0.265 e. The molecule has 0 radical (unpaired) electrons. The monoisotopic (exact) mass is 306 g/mol. The quantitative estimate of drug-likeness (QED) is 0.838. The van der Waals surface area contributed by atoms with Crippen LogP contribution < -0.4 is 11.1 Å². The Balaban J connectivity index is 2.23. The molecule has 1 aromatic heterocycles. The van der Waals surface area contributed by atoms with E-state index in [1.807, 2.05) is 6.92 Å². The molecule has 1 heterocycles. The minimum absolute atomic E-state index is 0.194. The first-order valence-corrected chi connectivity index (χ1v) is 6.89. The van der Waals surface area contributed by atoms with Gasteiger partial charge in [0.25, 0.3) is 5.91 Å². The Labute approximate surface area is 124 Å². The third-order valence-electron chi connectivity index (χ3n) is 2.65. The number of rotatable bonds is 2. The second-order valence-corrected chi connectivity index (χ2v) is 5.24. The van der Waals surface area contributed by atoms with Crippen LogP contribution in [-0.4, -0.2) is 12.5 Å². The highest BCUT2D eigenvalue weighted by atomic mass is 32.1. The molecule has 2 aromatic rings. The minimum Gasteiger partial charge on any atom is -0.320 e. The molecule has 0 saturated heterocycles. The van der Waals surface area contributed by atoms with E-state index in [0.29, 0.717) is 4.88 Å². The van der Waals surface area contributed by atoms with E-state index in [-0.39, 0.29) is 12.2 Å². The summed E-state index contributed by atoms with van der Waals surface area (Å²) in [5.74, 6) is 2.98. The van der Waals surface area contributed by atoms with Gasteiger partial charge in [0.05, 0.1) is 22.0 Å². The van der Waals surface area contributed by atoms with Crippen molar-refractivity contribution in [3.8, 4) is 11.8 Å². The highest BCUT2D eigenvalue weighted by Crippen LogP contribution is 2.23. The van der Waals surface area contributed by atoms with Crippen LogP contribution in [-0.2, 0) is 0 Å². The fraction of sp³-hybridized carbons (Fsp3) is 0.133. The summed E-state index contributed by atoms with van der Waals surface area (Å²) in [6.07, 6.45) is 0. The maximum atomic E-state index is 13.5. The van der Waals surface area contributed by atoms with Crippen molar-refractivity contribution in [1.82, 2.24) is 0 Å². The molecule has 0 unspecified atom stereocenters. The van der Waals surface area contributed by atoms with Gasteiger partial charge < -0.3 is 11.1 Å². The van der Waals surface area contributed by atoms with Gasteiger partial charge in [-0.3, -0.25) is 4.79 Å². The molecular weight excluding hydrogens is 294 g/mol. The molecule has 0 spiro atoms. The van der Waals surface area contributed by atoms with Crippen molar-refractivity contribution in [2.24, 2.45) is 5.73 Å². The largest absolute Gasteiger partial charge is 0.320 e. The van der Waals surface area contributed by atoms with Gasteiger partial charge in [0.15, 0.2) is 11.6 Å². The number of hydrogen-bond donors (Lipinski definition) is 2. The lowest BCUT2D eigenvalue weighted by Crippen LogP contribution is -2.11. The van der Waals surface area contributed by atoms with E-state index in [2.05, 4.69) is 17.2 Å². The minimum atomic E-state index is -1.08. The number of aryl methyl sites for hydroxylation is 1. The lowest BCUT2D eigenvalue weighted by Gasteiger charge is -2.04. The summed E-state index contributed by atoms with van der Waals surface area (Å²) in [7, 11) is 0. The Hall–Kier alpha value is -2.23.